The molecule has 0 N–H and O–H groups in total. The van der Waals surface area contributed by atoms with E-state index in [1.54, 1.807) is 0 Å². The summed E-state index contributed by atoms with van der Waals surface area (Å²) in [7, 11) is 0. The second-order valence-electron chi connectivity index (χ2n) is 2.02. The van der Waals surface area contributed by atoms with Crippen LogP contribution in [0.4, 0.5) is 0 Å². The summed E-state index contributed by atoms with van der Waals surface area (Å²) in [5, 5.41) is 0. The monoisotopic (exact) mass is 110 g/mol. The Labute approximate surface area is 49.7 Å². The zero-order chi connectivity index (χ0) is 5.98. The van der Waals surface area contributed by atoms with Crippen LogP contribution in [0.3, 0.4) is 0 Å². The van der Waals surface area contributed by atoms with E-state index in [0.29, 0.717) is 0 Å². The molecule has 0 fully saturated rings. The standard InChI is InChI=1S/C7H10O/c1-6(2)7-3-4-8-5-7/h3H,1,4-5H2,2H3. The third-order valence-corrected chi connectivity index (χ3v) is 1.25. The van der Waals surface area contributed by atoms with Crippen molar-refractivity contribution in [1.82, 2.24) is 0 Å². The van der Waals surface area contributed by atoms with Gasteiger partial charge in [-0.1, -0.05) is 18.2 Å². The maximum Gasteiger partial charge on any atom is 0.0721 e. The van der Waals surface area contributed by atoms with Crippen LogP contribution in [0.25, 0.3) is 0 Å². The van der Waals surface area contributed by atoms with Crippen molar-refractivity contribution in [2.75, 3.05) is 13.2 Å². The highest BCUT2D eigenvalue weighted by molar-refractivity contribution is 5.28. The maximum atomic E-state index is 5.06. The summed E-state index contributed by atoms with van der Waals surface area (Å²) >= 11 is 0. The van der Waals surface area contributed by atoms with Gasteiger partial charge in [0.15, 0.2) is 0 Å². The minimum absolute atomic E-state index is 0.759. The molecule has 1 aliphatic rings. The molecule has 44 valence electrons. The fraction of sp³-hybridized carbons (Fsp3) is 0.429. The lowest BCUT2D eigenvalue weighted by atomic mass is 10.1. The van der Waals surface area contributed by atoms with Crippen molar-refractivity contribution in [3.63, 3.8) is 0 Å². The summed E-state index contributed by atoms with van der Waals surface area (Å²) < 4.78 is 5.06. The molecule has 0 radical (unpaired) electrons. The number of hydrogen-bond acceptors (Lipinski definition) is 1. The van der Waals surface area contributed by atoms with Crippen LogP contribution < -0.4 is 0 Å². The highest BCUT2D eigenvalue weighted by atomic mass is 16.5. The maximum absolute atomic E-state index is 5.06. The molecule has 0 atom stereocenters. The van der Waals surface area contributed by atoms with Gasteiger partial charge in [0.25, 0.3) is 0 Å². The van der Waals surface area contributed by atoms with Gasteiger partial charge in [-0.25, -0.2) is 0 Å². The Kier molecular flexibility index (Phi) is 1.49. The molecular formula is C7H10O. The van der Waals surface area contributed by atoms with Gasteiger partial charge in [0.1, 0.15) is 0 Å². The van der Waals surface area contributed by atoms with Crippen LogP contribution in [0, 0.1) is 0 Å². The summed E-state index contributed by atoms with van der Waals surface area (Å²) in [6.07, 6.45) is 2.07. The van der Waals surface area contributed by atoms with Crippen LogP contribution in [0.1, 0.15) is 6.92 Å². The largest absolute Gasteiger partial charge is 0.373 e. The van der Waals surface area contributed by atoms with Crippen LogP contribution in [0.5, 0.6) is 0 Å². The van der Waals surface area contributed by atoms with Gasteiger partial charge in [-0.3, -0.25) is 0 Å². The fourth-order valence-electron chi connectivity index (χ4n) is 0.685. The van der Waals surface area contributed by atoms with Crippen molar-refractivity contribution < 1.29 is 4.74 Å². The van der Waals surface area contributed by atoms with Crippen molar-refractivity contribution in [2.24, 2.45) is 0 Å². The molecule has 1 heteroatoms. The Bertz CT molecular complexity index is 133. The Hall–Kier alpha value is -0.560. The van der Waals surface area contributed by atoms with Crippen molar-refractivity contribution >= 4 is 0 Å². The topological polar surface area (TPSA) is 9.23 Å². The van der Waals surface area contributed by atoms with Crippen LogP contribution in [-0.4, -0.2) is 13.2 Å². The molecular weight excluding hydrogens is 100 g/mol. The number of ether oxygens (including phenoxy) is 1. The Morgan fingerprint density at radius 2 is 2.62 bits per heavy atom. The molecule has 0 aromatic rings. The fourth-order valence-corrected chi connectivity index (χ4v) is 0.685. The van der Waals surface area contributed by atoms with Gasteiger partial charge >= 0.3 is 0 Å². The van der Waals surface area contributed by atoms with Crippen LogP contribution >= 0.6 is 0 Å². The second kappa shape index (κ2) is 2.14. The molecule has 0 aliphatic carbocycles. The predicted octanol–water partition coefficient (Wildman–Crippen LogP) is 1.52. The highest BCUT2D eigenvalue weighted by Crippen LogP contribution is 2.11. The van der Waals surface area contributed by atoms with E-state index in [1.165, 1.54) is 5.57 Å². The summed E-state index contributed by atoms with van der Waals surface area (Å²) in [6.45, 7) is 7.31. The molecule has 1 rings (SSSR count). The second-order valence-corrected chi connectivity index (χ2v) is 2.02. The molecule has 0 bridgehead atoms. The molecule has 1 aliphatic heterocycles. The molecule has 0 spiro atoms. The first-order chi connectivity index (χ1) is 3.80. The number of hydrogen-bond donors (Lipinski definition) is 0. The van der Waals surface area contributed by atoms with Crippen LogP contribution in [0.2, 0.25) is 0 Å². The quantitative estimate of drug-likeness (QED) is 0.497. The molecule has 8 heavy (non-hydrogen) atoms. The first kappa shape index (κ1) is 5.57. The first-order valence-electron chi connectivity index (χ1n) is 2.73. The van der Waals surface area contributed by atoms with Gasteiger partial charge < -0.3 is 4.74 Å². The Morgan fingerprint density at radius 1 is 1.88 bits per heavy atom. The summed E-state index contributed by atoms with van der Waals surface area (Å²) in [6, 6.07) is 0. The Morgan fingerprint density at radius 3 is 2.88 bits per heavy atom. The third kappa shape index (κ3) is 0.984. The molecule has 0 amide bonds. The van der Waals surface area contributed by atoms with E-state index in [0.717, 1.165) is 18.8 Å². The lowest BCUT2D eigenvalue weighted by Gasteiger charge is -1.94. The van der Waals surface area contributed by atoms with Gasteiger partial charge in [0.05, 0.1) is 13.2 Å². The minimum atomic E-state index is 0.759. The zero-order valence-corrected chi connectivity index (χ0v) is 5.11. The third-order valence-electron chi connectivity index (χ3n) is 1.25. The molecule has 1 nitrogen and oxygen atoms in total. The normalized spacial score (nSPS) is 18.4. The Balaban J connectivity index is 2.57. The van der Waals surface area contributed by atoms with Crippen molar-refractivity contribution in [3.8, 4) is 0 Å². The van der Waals surface area contributed by atoms with Crippen LogP contribution in [-0.2, 0) is 4.74 Å². The molecule has 0 aromatic carbocycles. The van der Waals surface area contributed by atoms with Gasteiger partial charge in [-0.15, -0.1) is 0 Å². The first-order valence-corrected chi connectivity index (χ1v) is 2.73. The van der Waals surface area contributed by atoms with E-state index >= 15 is 0 Å². The molecule has 0 saturated heterocycles. The molecule has 0 unspecified atom stereocenters. The van der Waals surface area contributed by atoms with Gasteiger partial charge in [0, 0.05) is 0 Å². The molecule has 1 heterocycles. The lowest BCUT2D eigenvalue weighted by molar-refractivity contribution is 0.209. The molecule has 0 saturated carbocycles. The molecule has 0 aromatic heterocycles. The van der Waals surface area contributed by atoms with Gasteiger partial charge in [0.2, 0.25) is 0 Å². The average Bonchev–Trinajstić information content (AvgIpc) is 2.12. The van der Waals surface area contributed by atoms with Crippen LogP contribution in [0.15, 0.2) is 23.8 Å². The van der Waals surface area contributed by atoms with Gasteiger partial charge in [-0.05, 0) is 12.5 Å². The van der Waals surface area contributed by atoms with E-state index < -0.39 is 0 Å². The van der Waals surface area contributed by atoms with Gasteiger partial charge in [-0.2, -0.15) is 0 Å². The SMILES string of the molecule is C=C(C)C1=CCOC1. The zero-order valence-electron chi connectivity index (χ0n) is 5.11. The van der Waals surface area contributed by atoms with E-state index in [1.807, 2.05) is 6.92 Å². The van der Waals surface area contributed by atoms with E-state index in [9.17, 15) is 0 Å². The van der Waals surface area contributed by atoms with E-state index in [2.05, 4.69) is 12.7 Å². The predicted molar refractivity (Wildman–Crippen MR) is 33.7 cm³/mol. The van der Waals surface area contributed by atoms with Crippen molar-refractivity contribution in [2.45, 2.75) is 6.92 Å². The highest BCUT2D eigenvalue weighted by Gasteiger charge is 2.02. The summed E-state index contributed by atoms with van der Waals surface area (Å²) in [4.78, 5) is 0. The number of rotatable bonds is 1. The van der Waals surface area contributed by atoms with E-state index in [4.69, 9.17) is 4.74 Å². The van der Waals surface area contributed by atoms with E-state index in [-0.39, 0.29) is 0 Å². The smallest absolute Gasteiger partial charge is 0.0721 e. The summed E-state index contributed by atoms with van der Waals surface area (Å²) in [5.74, 6) is 0. The lowest BCUT2D eigenvalue weighted by Crippen LogP contribution is -1.86. The summed E-state index contributed by atoms with van der Waals surface area (Å²) in [5.41, 5.74) is 2.38. The minimum Gasteiger partial charge on any atom is -0.373 e. The van der Waals surface area contributed by atoms with Crippen molar-refractivity contribution in [1.29, 1.82) is 0 Å². The van der Waals surface area contributed by atoms with Crippen molar-refractivity contribution in [3.05, 3.63) is 23.8 Å². The average molecular weight is 110 g/mol.